The quantitative estimate of drug-likeness (QED) is 0.779. The van der Waals surface area contributed by atoms with Crippen LogP contribution in [0.25, 0.3) is 0 Å². The van der Waals surface area contributed by atoms with E-state index in [1.807, 2.05) is 31.2 Å². The molecule has 4 heteroatoms. The molecule has 0 saturated heterocycles. The molecule has 1 N–H and O–H groups in total. The first kappa shape index (κ1) is 12.9. The van der Waals surface area contributed by atoms with Crippen LogP contribution in [-0.4, -0.2) is 31.8 Å². The van der Waals surface area contributed by atoms with E-state index >= 15 is 0 Å². The number of esters is 1. The molecule has 98 valence electrons. The second kappa shape index (κ2) is 5.87. The van der Waals surface area contributed by atoms with Gasteiger partial charge in [-0.3, -0.25) is 10.1 Å². The molecule has 1 unspecified atom stereocenters. The predicted octanol–water partition coefficient (Wildman–Crippen LogP) is 1.67. The third-order valence-electron chi connectivity index (χ3n) is 2.94. The van der Waals surface area contributed by atoms with E-state index in [9.17, 15) is 4.79 Å². The highest BCUT2D eigenvalue weighted by Crippen LogP contribution is 2.20. The van der Waals surface area contributed by atoms with E-state index in [-0.39, 0.29) is 12.0 Å². The Kier molecular flexibility index (Phi) is 4.20. The van der Waals surface area contributed by atoms with Crippen LogP contribution in [0, 0.1) is 6.92 Å². The van der Waals surface area contributed by atoms with Crippen molar-refractivity contribution in [2.24, 2.45) is 0 Å². The zero-order valence-electron chi connectivity index (χ0n) is 10.8. The normalized spacial score (nSPS) is 16.1. The number of nitrogens with one attached hydrogen (secondary N) is 1. The van der Waals surface area contributed by atoms with Crippen LogP contribution in [-0.2, 0) is 9.53 Å². The number of ether oxygens (including phenoxy) is 2. The first-order valence-electron chi connectivity index (χ1n) is 6.22. The highest BCUT2D eigenvalue weighted by atomic mass is 16.5. The van der Waals surface area contributed by atoms with Crippen LogP contribution in [0.1, 0.15) is 18.4 Å². The molecule has 2 rings (SSSR count). The van der Waals surface area contributed by atoms with Gasteiger partial charge >= 0.3 is 5.97 Å². The molecule has 0 radical (unpaired) electrons. The first-order valence-corrected chi connectivity index (χ1v) is 6.22. The van der Waals surface area contributed by atoms with Crippen molar-refractivity contribution in [1.29, 1.82) is 0 Å². The maximum absolute atomic E-state index is 11.6. The largest absolute Gasteiger partial charge is 0.491 e. The fraction of sp³-hybridized carbons (Fsp3) is 0.500. The molecule has 1 saturated carbocycles. The molecular weight excluding hydrogens is 230 g/mol. The molecule has 0 aromatic heterocycles. The van der Waals surface area contributed by atoms with Gasteiger partial charge in [-0.2, -0.15) is 0 Å². The van der Waals surface area contributed by atoms with Crippen LogP contribution in [0.15, 0.2) is 24.3 Å². The molecule has 0 heterocycles. The number of carbonyl (C=O) groups is 1. The molecule has 0 aliphatic heterocycles. The van der Waals surface area contributed by atoms with Crippen molar-refractivity contribution in [2.45, 2.75) is 31.8 Å². The molecule has 1 aromatic carbocycles. The van der Waals surface area contributed by atoms with E-state index in [0.717, 1.165) is 18.6 Å². The Morgan fingerprint density at radius 3 is 2.61 bits per heavy atom. The van der Waals surface area contributed by atoms with Gasteiger partial charge in [0.15, 0.2) is 0 Å². The Morgan fingerprint density at radius 2 is 2.06 bits per heavy atom. The fourth-order valence-corrected chi connectivity index (χ4v) is 1.68. The van der Waals surface area contributed by atoms with Crippen molar-refractivity contribution >= 4 is 5.97 Å². The van der Waals surface area contributed by atoms with Gasteiger partial charge in [0.25, 0.3) is 0 Å². The molecule has 4 nitrogen and oxygen atoms in total. The monoisotopic (exact) mass is 249 g/mol. The molecule has 1 aromatic rings. The average molecular weight is 249 g/mol. The molecule has 0 bridgehead atoms. The van der Waals surface area contributed by atoms with Gasteiger partial charge in [-0.1, -0.05) is 17.7 Å². The molecule has 1 aliphatic carbocycles. The summed E-state index contributed by atoms with van der Waals surface area (Å²) < 4.78 is 10.4. The summed E-state index contributed by atoms with van der Waals surface area (Å²) in [5.74, 6) is 0.501. The maximum Gasteiger partial charge on any atom is 0.326 e. The summed E-state index contributed by atoms with van der Waals surface area (Å²) in [6.45, 7) is 2.32. The van der Waals surface area contributed by atoms with Crippen molar-refractivity contribution in [1.82, 2.24) is 5.32 Å². The van der Waals surface area contributed by atoms with Crippen LogP contribution in [0.4, 0.5) is 0 Å². The molecule has 1 aliphatic rings. The second-order valence-electron chi connectivity index (χ2n) is 4.64. The van der Waals surface area contributed by atoms with Crippen LogP contribution in [0.5, 0.6) is 5.75 Å². The summed E-state index contributed by atoms with van der Waals surface area (Å²) in [7, 11) is 1.40. The molecule has 1 atom stereocenters. The van der Waals surface area contributed by atoms with Gasteiger partial charge in [0.1, 0.15) is 18.4 Å². The zero-order valence-corrected chi connectivity index (χ0v) is 10.8. The number of carbonyl (C=O) groups excluding carboxylic acids is 1. The molecule has 0 amide bonds. The van der Waals surface area contributed by atoms with Crippen molar-refractivity contribution in [3.63, 3.8) is 0 Å². The molecular formula is C14H19NO3. The Bertz CT molecular complexity index is 398. The van der Waals surface area contributed by atoms with Gasteiger partial charge < -0.3 is 9.47 Å². The summed E-state index contributed by atoms with van der Waals surface area (Å²) >= 11 is 0. The van der Waals surface area contributed by atoms with Gasteiger partial charge in [-0.25, -0.2) is 0 Å². The summed E-state index contributed by atoms with van der Waals surface area (Å²) in [5, 5.41) is 3.22. The SMILES string of the molecule is COC(=O)C(COc1ccc(C)cc1)NC1CC1. The summed E-state index contributed by atoms with van der Waals surface area (Å²) in [5.41, 5.74) is 1.18. The Morgan fingerprint density at radius 1 is 1.39 bits per heavy atom. The van der Waals surface area contributed by atoms with Gasteiger partial charge in [-0.15, -0.1) is 0 Å². The van der Waals surface area contributed by atoms with Crippen LogP contribution >= 0.6 is 0 Å². The number of rotatable bonds is 6. The Hall–Kier alpha value is -1.55. The molecule has 18 heavy (non-hydrogen) atoms. The minimum atomic E-state index is -0.385. The lowest BCUT2D eigenvalue weighted by molar-refractivity contribution is -0.144. The minimum Gasteiger partial charge on any atom is -0.491 e. The predicted molar refractivity (Wildman–Crippen MR) is 68.6 cm³/mol. The third-order valence-corrected chi connectivity index (χ3v) is 2.94. The first-order chi connectivity index (χ1) is 8.69. The highest BCUT2D eigenvalue weighted by molar-refractivity contribution is 5.75. The standard InChI is InChI=1S/C14H19NO3/c1-10-3-7-12(8-4-10)18-9-13(14(16)17-2)15-11-5-6-11/h3-4,7-8,11,13,15H,5-6,9H2,1-2H3. The second-order valence-corrected chi connectivity index (χ2v) is 4.64. The number of benzene rings is 1. The summed E-state index contributed by atoms with van der Waals surface area (Å²) in [6, 6.07) is 7.83. The number of aryl methyl sites for hydroxylation is 1. The summed E-state index contributed by atoms with van der Waals surface area (Å²) in [6.07, 6.45) is 2.25. The Labute approximate surface area is 107 Å². The van der Waals surface area contributed by atoms with Crippen molar-refractivity contribution < 1.29 is 14.3 Å². The molecule has 0 spiro atoms. The number of hydrogen-bond donors (Lipinski definition) is 1. The Balaban J connectivity index is 1.87. The minimum absolute atomic E-state index is 0.269. The fourth-order valence-electron chi connectivity index (χ4n) is 1.68. The number of methoxy groups -OCH3 is 1. The van der Waals surface area contributed by atoms with Crippen molar-refractivity contribution in [3.05, 3.63) is 29.8 Å². The van der Waals surface area contributed by atoms with E-state index in [1.165, 1.54) is 12.7 Å². The smallest absolute Gasteiger partial charge is 0.326 e. The van der Waals surface area contributed by atoms with E-state index in [0.29, 0.717) is 12.6 Å². The average Bonchev–Trinajstić information content (AvgIpc) is 3.19. The van der Waals surface area contributed by atoms with Crippen LogP contribution < -0.4 is 10.1 Å². The van der Waals surface area contributed by atoms with Crippen LogP contribution in [0.2, 0.25) is 0 Å². The lowest BCUT2D eigenvalue weighted by Gasteiger charge is -2.16. The van der Waals surface area contributed by atoms with Gasteiger partial charge in [0.05, 0.1) is 7.11 Å². The van der Waals surface area contributed by atoms with Gasteiger partial charge in [0, 0.05) is 6.04 Å². The van der Waals surface area contributed by atoms with Gasteiger partial charge in [-0.05, 0) is 31.9 Å². The van der Waals surface area contributed by atoms with E-state index in [1.54, 1.807) is 0 Å². The lowest BCUT2D eigenvalue weighted by Crippen LogP contribution is -2.43. The highest BCUT2D eigenvalue weighted by Gasteiger charge is 2.29. The summed E-state index contributed by atoms with van der Waals surface area (Å²) in [4.78, 5) is 11.6. The topological polar surface area (TPSA) is 47.6 Å². The maximum atomic E-state index is 11.6. The number of hydrogen-bond acceptors (Lipinski definition) is 4. The van der Waals surface area contributed by atoms with Crippen LogP contribution in [0.3, 0.4) is 0 Å². The zero-order chi connectivity index (χ0) is 13.0. The van der Waals surface area contributed by atoms with E-state index in [4.69, 9.17) is 9.47 Å². The molecule has 1 fully saturated rings. The van der Waals surface area contributed by atoms with Gasteiger partial charge in [0.2, 0.25) is 0 Å². The van der Waals surface area contributed by atoms with E-state index < -0.39 is 0 Å². The van der Waals surface area contributed by atoms with E-state index in [2.05, 4.69) is 5.32 Å². The van der Waals surface area contributed by atoms with Crippen molar-refractivity contribution in [2.75, 3.05) is 13.7 Å². The van der Waals surface area contributed by atoms with Crippen molar-refractivity contribution in [3.8, 4) is 5.75 Å². The third kappa shape index (κ3) is 3.74. The lowest BCUT2D eigenvalue weighted by atomic mass is 10.2.